The summed E-state index contributed by atoms with van der Waals surface area (Å²) >= 11 is 5.84. The first kappa shape index (κ1) is 13.3. The molecular formula is C11H13ClN2O3. The number of carbonyl (C=O) groups excluding carboxylic acids is 1. The number of nitrogens with two attached hydrogens (primary N) is 1. The average Bonchev–Trinajstić information content (AvgIpc) is 2.27. The van der Waals surface area contributed by atoms with Crippen molar-refractivity contribution in [3.05, 3.63) is 28.8 Å². The van der Waals surface area contributed by atoms with Crippen molar-refractivity contribution in [1.82, 2.24) is 5.32 Å². The monoisotopic (exact) mass is 256 g/mol. The number of aliphatic carboxylic acids is 1. The molecule has 0 bridgehead atoms. The van der Waals surface area contributed by atoms with E-state index in [1.54, 1.807) is 12.1 Å². The van der Waals surface area contributed by atoms with Gasteiger partial charge in [-0.2, -0.15) is 0 Å². The minimum Gasteiger partial charge on any atom is -0.481 e. The third-order valence-corrected chi connectivity index (χ3v) is 2.42. The van der Waals surface area contributed by atoms with Gasteiger partial charge in [-0.1, -0.05) is 11.6 Å². The Balaban J connectivity index is 2.52. The first-order chi connectivity index (χ1) is 8.00. The molecule has 0 atom stereocenters. The molecule has 0 saturated heterocycles. The smallest absolute Gasteiger partial charge is 0.303 e. The molecule has 6 heteroatoms. The van der Waals surface area contributed by atoms with Crippen molar-refractivity contribution >= 4 is 29.2 Å². The van der Waals surface area contributed by atoms with Crippen molar-refractivity contribution in [3.63, 3.8) is 0 Å². The third-order valence-electron chi connectivity index (χ3n) is 2.09. The van der Waals surface area contributed by atoms with Crippen molar-refractivity contribution in [3.8, 4) is 0 Å². The summed E-state index contributed by atoms with van der Waals surface area (Å²) in [4.78, 5) is 21.9. The van der Waals surface area contributed by atoms with Gasteiger partial charge < -0.3 is 16.2 Å². The van der Waals surface area contributed by atoms with E-state index in [2.05, 4.69) is 5.32 Å². The van der Waals surface area contributed by atoms with Crippen molar-refractivity contribution in [2.75, 3.05) is 12.3 Å². The Morgan fingerprint density at radius 3 is 2.76 bits per heavy atom. The first-order valence-corrected chi connectivity index (χ1v) is 5.43. The van der Waals surface area contributed by atoms with Gasteiger partial charge in [-0.15, -0.1) is 0 Å². The van der Waals surface area contributed by atoms with Crippen LogP contribution in [0.25, 0.3) is 0 Å². The number of carboxylic acids is 1. The normalized spacial score (nSPS) is 9.94. The number of carboxylic acid groups (broad SMARTS) is 1. The molecule has 0 aliphatic rings. The zero-order valence-electron chi connectivity index (χ0n) is 9.07. The molecule has 5 nitrogen and oxygen atoms in total. The molecule has 4 N–H and O–H groups in total. The Morgan fingerprint density at radius 2 is 2.12 bits per heavy atom. The Kier molecular flexibility index (Phi) is 4.78. The van der Waals surface area contributed by atoms with E-state index >= 15 is 0 Å². The summed E-state index contributed by atoms with van der Waals surface area (Å²) in [5.41, 5.74) is 6.29. The molecule has 92 valence electrons. The molecule has 1 aromatic carbocycles. The summed E-state index contributed by atoms with van der Waals surface area (Å²) in [5, 5.41) is 11.3. The van der Waals surface area contributed by atoms with Crippen LogP contribution in [-0.4, -0.2) is 23.5 Å². The molecule has 0 heterocycles. The molecule has 1 aromatic rings. The molecule has 1 rings (SSSR count). The van der Waals surface area contributed by atoms with Crippen LogP contribution in [0.3, 0.4) is 0 Å². The highest BCUT2D eigenvalue weighted by Gasteiger charge is 2.10. The SMILES string of the molecule is Nc1ccc(Cl)c(C(=O)NCCCC(=O)O)c1. The van der Waals surface area contributed by atoms with Crippen LogP contribution in [0.4, 0.5) is 5.69 Å². The second-order valence-corrected chi connectivity index (χ2v) is 3.90. The number of carbonyl (C=O) groups is 2. The fourth-order valence-electron chi connectivity index (χ4n) is 1.25. The lowest BCUT2D eigenvalue weighted by molar-refractivity contribution is -0.137. The molecule has 0 saturated carbocycles. The fraction of sp³-hybridized carbons (Fsp3) is 0.273. The number of nitrogens with one attached hydrogen (secondary N) is 1. The van der Waals surface area contributed by atoms with Gasteiger partial charge in [0.25, 0.3) is 5.91 Å². The van der Waals surface area contributed by atoms with E-state index in [9.17, 15) is 9.59 Å². The van der Waals surface area contributed by atoms with Gasteiger partial charge in [0.15, 0.2) is 0 Å². The maximum Gasteiger partial charge on any atom is 0.303 e. The highest BCUT2D eigenvalue weighted by molar-refractivity contribution is 6.34. The van der Waals surface area contributed by atoms with Crippen molar-refractivity contribution in [2.45, 2.75) is 12.8 Å². The van der Waals surface area contributed by atoms with E-state index in [0.717, 1.165) is 0 Å². The van der Waals surface area contributed by atoms with Gasteiger partial charge in [-0.05, 0) is 24.6 Å². The molecular weight excluding hydrogens is 244 g/mol. The summed E-state index contributed by atoms with van der Waals surface area (Å²) < 4.78 is 0. The summed E-state index contributed by atoms with van der Waals surface area (Å²) in [5.74, 6) is -1.24. The van der Waals surface area contributed by atoms with E-state index in [1.807, 2.05) is 0 Å². The van der Waals surface area contributed by atoms with Gasteiger partial charge in [0.05, 0.1) is 10.6 Å². The predicted molar refractivity (Wildman–Crippen MR) is 65.1 cm³/mol. The van der Waals surface area contributed by atoms with E-state index in [-0.39, 0.29) is 18.9 Å². The van der Waals surface area contributed by atoms with E-state index in [1.165, 1.54) is 6.07 Å². The minimum atomic E-state index is -0.888. The highest BCUT2D eigenvalue weighted by Crippen LogP contribution is 2.18. The van der Waals surface area contributed by atoms with Crippen LogP contribution in [0.5, 0.6) is 0 Å². The lowest BCUT2D eigenvalue weighted by atomic mass is 10.2. The van der Waals surface area contributed by atoms with E-state index in [4.69, 9.17) is 22.4 Å². The summed E-state index contributed by atoms with van der Waals surface area (Å²) in [7, 11) is 0. The number of benzene rings is 1. The average molecular weight is 257 g/mol. The number of rotatable bonds is 5. The van der Waals surface area contributed by atoms with Crippen molar-refractivity contribution in [1.29, 1.82) is 0 Å². The van der Waals surface area contributed by atoms with E-state index < -0.39 is 5.97 Å². The number of halogens is 1. The lowest BCUT2D eigenvalue weighted by Crippen LogP contribution is -2.25. The molecule has 1 amide bonds. The van der Waals surface area contributed by atoms with Crippen LogP contribution in [0.1, 0.15) is 23.2 Å². The lowest BCUT2D eigenvalue weighted by Gasteiger charge is -2.06. The molecule has 0 aliphatic carbocycles. The van der Waals surface area contributed by atoms with Crippen LogP contribution in [-0.2, 0) is 4.79 Å². The second kappa shape index (κ2) is 6.10. The number of anilines is 1. The van der Waals surface area contributed by atoms with Gasteiger partial charge in [-0.25, -0.2) is 0 Å². The number of hydrogen-bond donors (Lipinski definition) is 3. The summed E-state index contributed by atoms with van der Waals surface area (Å²) in [6, 6.07) is 4.63. The molecule has 0 radical (unpaired) electrons. The van der Waals surface area contributed by atoms with Crippen molar-refractivity contribution < 1.29 is 14.7 Å². The molecule has 0 aromatic heterocycles. The minimum absolute atomic E-state index is 0.0188. The Bertz CT molecular complexity index is 435. The largest absolute Gasteiger partial charge is 0.481 e. The first-order valence-electron chi connectivity index (χ1n) is 5.05. The Labute approximate surface area is 104 Å². The summed E-state index contributed by atoms with van der Waals surface area (Å²) in [6.45, 7) is 0.288. The maximum absolute atomic E-state index is 11.7. The van der Waals surface area contributed by atoms with Gasteiger partial charge in [0.1, 0.15) is 0 Å². The highest BCUT2D eigenvalue weighted by atomic mass is 35.5. The van der Waals surface area contributed by atoms with Crippen molar-refractivity contribution in [2.24, 2.45) is 0 Å². The Morgan fingerprint density at radius 1 is 1.41 bits per heavy atom. The van der Waals surface area contributed by atoms with Gasteiger partial charge >= 0.3 is 5.97 Å². The quantitative estimate of drug-likeness (QED) is 0.550. The fourth-order valence-corrected chi connectivity index (χ4v) is 1.46. The zero-order valence-corrected chi connectivity index (χ0v) is 9.83. The maximum atomic E-state index is 11.7. The van der Waals surface area contributed by atoms with Crippen LogP contribution in [0, 0.1) is 0 Å². The molecule has 0 aliphatic heterocycles. The van der Waals surface area contributed by atoms with Gasteiger partial charge in [0.2, 0.25) is 0 Å². The summed E-state index contributed by atoms with van der Waals surface area (Å²) in [6.07, 6.45) is 0.395. The number of amides is 1. The standard InChI is InChI=1S/C11H13ClN2O3/c12-9-4-3-7(13)6-8(9)11(17)14-5-1-2-10(15)16/h3-4,6H,1-2,5,13H2,(H,14,17)(H,15,16). The third kappa shape index (κ3) is 4.32. The zero-order chi connectivity index (χ0) is 12.8. The van der Waals surface area contributed by atoms with E-state index in [0.29, 0.717) is 22.7 Å². The van der Waals surface area contributed by atoms with Gasteiger partial charge in [0, 0.05) is 18.7 Å². The second-order valence-electron chi connectivity index (χ2n) is 3.49. The van der Waals surface area contributed by atoms with Crippen LogP contribution >= 0.6 is 11.6 Å². The number of hydrogen-bond acceptors (Lipinski definition) is 3. The Hall–Kier alpha value is -1.75. The predicted octanol–water partition coefficient (Wildman–Crippen LogP) is 1.52. The molecule has 0 spiro atoms. The number of nitrogen functional groups attached to an aromatic ring is 1. The van der Waals surface area contributed by atoms with Gasteiger partial charge in [-0.3, -0.25) is 9.59 Å². The molecule has 17 heavy (non-hydrogen) atoms. The van der Waals surface area contributed by atoms with Crippen LogP contribution < -0.4 is 11.1 Å². The van der Waals surface area contributed by atoms with Crippen LogP contribution in [0.2, 0.25) is 5.02 Å². The topological polar surface area (TPSA) is 92.4 Å². The van der Waals surface area contributed by atoms with Crippen LogP contribution in [0.15, 0.2) is 18.2 Å². The molecule has 0 fully saturated rings. The molecule has 0 unspecified atom stereocenters.